The highest BCUT2D eigenvalue weighted by molar-refractivity contribution is 6.03. The predicted octanol–water partition coefficient (Wildman–Crippen LogP) is 11.3. The van der Waals surface area contributed by atoms with E-state index in [4.69, 9.17) is 9.73 Å². The molecule has 1 spiro atoms. The highest BCUT2D eigenvalue weighted by atomic mass is 16.5. The Morgan fingerprint density at radius 3 is 1.94 bits per heavy atom. The number of hydrogen-bond donors (Lipinski definition) is 2. The highest BCUT2D eigenvalue weighted by Crippen LogP contribution is 2.62. The van der Waals surface area contributed by atoms with E-state index in [-0.39, 0.29) is 12.3 Å². The molecule has 0 saturated heterocycles. The van der Waals surface area contributed by atoms with Gasteiger partial charge in [0.25, 0.3) is 0 Å². The summed E-state index contributed by atoms with van der Waals surface area (Å²) in [6.45, 7) is 0. The first-order valence-corrected chi connectivity index (χ1v) is 18.6. The molecule has 2 atom stereocenters. The number of rotatable bonds is 4. The minimum atomic E-state index is -0.537. The molecule has 3 aliphatic rings. The molecule has 4 nitrogen and oxygen atoms in total. The lowest BCUT2D eigenvalue weighted by atomic mass is 9.66. The molecule has 2 N–H and O–H groups in total. The van der Waals surface area contributed by atoms with E-state index in [0.29, 0.717) is 0 Å². The van der Waals surface area contributed by atoms with Crippen molar-refractivity contribution in [1.82, 2.24) is 10.6 Å². The van der Waals surface area contributed by atoms with Crippen LogP contribution in [-0.2, 0) is 5.41 Å². The SMILES string of the molecule is c1ccc(C2N=C(c3cccc(-c4cccc5ccccc45)c3)NC(c3cccc4c3-c3ccccc3C43c4ccccc4Oc4ccccc43)N2)cc1. The molecule has 0 bridgehead atoms. The lowest BCUT2D eigenvalue weighted by Gasteiger charge is -2.39. The maximum Gasteiger partial charge on any atom is 0.132 e. The lowest BCUT2D eigenvalue weighted by molar-refractivity contribution is 0.409. The van der Waals surface area contributed by atoms with Crippen LogP contribution >= 0.6 is 0 Å². The number of ether oxygens (including phenoxy) is 1. The minimum absolute atomic E-state index is 0.243. The zero-order valence-electron chi connectivity index (χ0n) is 29.4. The number of para-hydroxylation sites is 2. The molecule has 2 unspecified atom stereocenters. The van der Waals surface area contributed by atoms with E-state index in [0.717, 1.165) is 45.2 Å². The van der Waals surface area contributed by atoms with E-state index in [9.17, 15) is 0 Å². The second-order valence-electron chi connectivity index (χ2n) is 14.3. The van der Waals surface area contributed by atoms with Gasteiger partial charge in [-0.2, -0.15) is 0 Å². The van der Waals surface area contributed by atoms with Gasteiger partial charge in [-0.05, 0) is 73.5 Å². The molecule has 0 amide bonds. The summed E-state index contributed by atoms with van der Waals surface area (Å²) in [5.74, 6) is 2.64. The summed E-state index contributed by atoms with van der Waals surface area (Å²) in [6.07, 6.45) is -0.507. The van der Waals surface area contributed by atoms with Gasteiger partial charge < -0.3 is 10.1 Å². The standard InChI is InChI=1S/C50H35N3O/c1-2-16-33(17-3-1)47-51-48(35-20-12-19-34(31-35)37-23-13-18-32-15-4-5-21-36(32)37)53-49(52-47)39-24-14-28-43-46(39)38-22-6-7-25-40(38)50(43)41-26-8-10-29-44(41)54-45-30-11-9-27-42(45)50/h1-31,47,49,52H,(H,51,53). The van der Waals surface area contributed by atoms with E-state index in [1.807, 2.05) is 0 Å². The van der Waals surface area contributed by atoms with Gasteiger partial charge in [0.15, 0.2) is 0 Å². The van der Waals surface area contributed by atoms with Gasteiger partial charge in [0.05, 0.1) is 5.41 Å². The Hall–Kier alpha value is -6.75. The summed E-state index contributed by atoms with van der Waals surface area (Å²) in [4.78, 5) is 5.35. The summed E-state index contributed by atoms with van der Waals surface area (Å²) in [5.41, 5.74) is 12.5. The average Bonchev–Trinajstić information content (AvgIpc) is 3.54. The van der Waals surface area contributed by atoms with Crippen molar-refractivity contribution in [3.8, 4) is 33.8 Å². The average molecular weight is 694 g/mol. The lowest BCUT2D eigenvalue weighted by Crippen LogP contribution is -2.45. The fourth-order valence-electron chi connectivity index (χ4n) is 9.15. The molecule has 0 radical (unpaired) electrons. The highest BCUT2D eigenvalue weighted by Gasteiger charge is 2.52. The number of aliphatic imine (C=N–C) groups is 1. The summed E-state index contributed by atoms with van der Waals surface area (Å²) in [5, 5.41) is 10.3. The third-order valence-electron chi connectivity index (χ3n) is 11.4. The van der Waals surface area contributed by atoms with Crippen LogP contribution in [0.3, 0.4) is 0 Å². The molecule has 1 aliphatic carbocycles. The molecule has 0 saturated carbocycles. The van der Waals surface area contributed by atoms with E-state index in [2.05, 4.69) is 199 Å². The van der Waals surface area contributed by atoms with Crippen molar-refractivity contribution in [2.45, 2.75) is 17.7 Å². The van der Waals surface area contributed by atoms with Gasteiger partial charge in [-0.1, -0.05) is 170 Å². The van der Waals surface area contributed by atoms with Crippen LogP contribution in [-0.4, -0.2) is 5.84 Å². The van der Waals surface area contributed by atoms with Gasteiger partial charge in [0.1, 0.15) is 29.7 Å². The number of hydrogen-bond acceptors (Lipinski definition) is 4. The Labute approximate surface area is 314 Å². The summed E-state index contributed by atoms with van der Waals surface area (Å²) < 4.78 is 6.59. The molecule has 4 heteroatoms. The van der Waals surface area contributed by atoms with E-state index in [1.54, 1.807) is 0 Å². The molecule has 11 rings (SSSR count). The quantitative estimate of drug-likeness (QED) is 0.193. The molecular formula is C50H35N3O. The molecular weight excluding hydrogens is 659 g/mol. The second-order valence-corrected chi connectivity index (χ2v) is 14.3. The van der Waals surface area contributed by atoms with Crippen LogP contribution in [0.15, 0.2) is 193 Å². The van der Waals surface area contributed by atoms with E-state index < -0.39 is 5.41 Å². The van der Waals surface area contributed by atoms with Crippen molar-refractivity contribution in [2.24, 2.45) is 4.99 Å². The summed E-state index contributed by atoms with van der Waals surface area (Å²) in [6, 6.07) is 67.2. The van der Waals surface area contributed by atoms with Crippen molar-refractivity contribution < 1.29 is 4.74 Å². The number of amidine groups is 1. The molecule has 256 valence electrons. The third-order valence-corrected chi connectivity index (χ3v) is 11.4. The second kappa shape index (κ2) is 12.2. The Kier molecular flexibility index (Phi) is 6.94. The van der Waals surface area contributed by atoms with E-state index in [1.165, 1.54) is 44.2 Å². The van der Waals surface area contributed by atoms with Gasteiger partial charge in [0, 0.05) is 16.7 Å². The maximum absolute atomic E-state index is 6.59. The minimum Gasteiger partial charge on any atom is -0.457 e. The molecule has 2 heterocycles. The fourth-order valence-corrected chi connectivity index (χ4v) is 9.15. The van der Waals surface area contributed by atoms with Crippen LogP contribution in [0.2, 0.25) is 0 Å². The Morgan fingerprint density at radius 2 is 1.11 bits per heavy atom. The number of nitrogens with zero attached hydrogens (tertiary/aromatic N) is 1. The van der Waals surface area contributed by atoms with Crippen molar-refractivity contribution in [3.63, 3.8) is 0 Å². The van der Waals surface area contributed by atoms with Gasteiger partial charge in [-0.3, -0.25) is 5.32 Å². The van der Waals surface area contributed by atoms with Gasteiger partial charge >= 0.3 is 0 Å². The van der Waals surface area contributed by atoms with Crippen molar-refractivity contribution >= 4 is 16.6 Å². The molecule has 0 fully saturated rings. The first-order chi connectivity index (χ1) is 26.8. The molecule has 8 aromatic carbocycles. The Balaban J connectivity index is 1.09. The summed E-state index contributed by atoms with van der Waals surface area (Å²) in [7, 11) is 0. The smallest absolute Gasteiger partial charge is 0.132 e. The normalized spacial score (nSPS) is 17.4. The maximum atomic E-state index is 6.59. The molecule has 8 aromatic rings. The van der Waals surface area contributed by atoms with Crippen molar-refractivity contribution in [3.05, 3.63) is 227 Å². The van der Waals surface area contributed by atoms with Gasteiger partial charge in [-0.15, -0.1) is 0 Å². The number of nitrogens with one attached hydrogen (secondary N) is 2. The van der Waals surface area contributed by atoms with Gasteiger partial charge in [-0.25, -0.2) is 4.99 Å². The Morgan fingerprint density at radius 1 is 0.500 bits per heavy atom. The van der Waals surface area contributed by atoms with Crippen LogP contribution in [0.5, 0.6) is 11.5 Å². The molecule has 54 heavy (non-hydrogen) atoms. The third kappa shape index (κ3) is 4.57. The van der Waals surface area contributed by atoms with Crippen LogP contribution in [0.4, 0.5) is 0 Å². The first kappa shape index (κ1) is 30.8. The topological polar surface area (TPSA) is 45.7 Å². The van der Waals surface area contributed by atoms with Crippen LogP contribution < -0.4 is 15.4 Å². The number of benzene rings is 8. The fraction of sp³-hybridized carbons (Fsp3) is 0.0600. The van der Waals surface area contributed by atoms with Crippen LogP contribution in [0, 0.1) is 0 Å². The number of fused-ring (bicyclic) bond motifs is 10. The largest absolute Gasteiger partial charge is 0.457 e. The van der Waals surface area contributed by atoms with Crippen molar-refractivity contribution in [1.29, 1.82) is 0 Å². The van der Waals surface area contributed by atoms with Crippen LogP contribution in [0.1, 0.15) is 51.3 Å². The predicted molar refractivity (Wildman–Crippen MR) is 218 cm³/mol. The zero-order chi connectivity index (χ0) is 35.6. The molecule has 0 aromatic heterocycles. The first-order valence-electron chi connectivity index (χ1n) is 18.6. The zero-order valence-corrected chi connectivity index (χ0v) is 29.4. The van der Waals surface area contributed by atoms with Crippen LogP contribution in [0.25, 0.3) is 33.0 Å². The Bertz CT molecular complexity index is 2740. The van der Waals surface area contributed by atoms with E-state index >= 15 is 0 Å². The molecule has 2 aliphatic heterocycles. The van der Waals surface area contributed by atoms with Gasteiger partial charge in [0.2, 0.25) is 0 Å². The van der Waals surface area contributed by atoms with Crippen molar-refractivity contribution in [2.75, 3.05) is 0 Å². The monoisotopic (exact) mass is 693 g/mol. The summed E-state index contributed by atoms with van der Waals surface area (Å²) >= 11 is 0.